The van der Waals surface area contributed by atoms with Gasteiger partial charge in [-0.2, -0.15) is 0 Å². The molecule has 1 N–H and O–H groups in total. The number of thiophene rings is 1. The third kappa shape index (κ3) is 3.64. The van der Waals surface area contributed by atoms with Gasteiger partial charge in [0, 0.05) is 11.4 Å². The summed E-state index contributed by atoms with van der Waals surface area (Å²) < 4.78 is 4.70. The third-order valence-electron chi connectivity index (χ3n) is 2.21. The molecular weight excluding hydrogens is 210 g/mol. The Morgan fingerprint density at radius 2 is 2.33 bits per heavy atom. The summed E-state index contributed by atoms with van der Waals surface area (Å²) in [5.74, 6) is -0.228. The molecule has 15 heavy (non-hydrogen) atoms. The average Bonchev–Trinajstić information content (AvgIpc) is 2.69. The second-order valence-corrected chi connectivity index (χ2v) is 4.90. The van der Waals surface area contributed by atoms with E-state index in [1.165, 1.54) is 12.0 Å². The molecule has 0 atom stereocenters. The molecule has 0 aliphatic carbocycles. The third-order valence-corrected chi connectivity index (χ3v) is 3.15. The van der Waals surface area contributed by atoms with Gasteiger partial charge in [0.15, 0.2) is 0 Å². The lowest BCUT2D eigenvalue weighted by Gasteiger charge is -2.22. The Balaban J connectivity index is 2.33. The number of hydrogen-bond acceptors (Lipinski definition) is 4. The predicted octanol–water partition coefficient (Wildman–Crippen LogP) is 1.83. The predicted molar refractivity (Wildman–Crippen MR) is 62.1 cm³/mol. The van der Waals surface area contributed by atoms with Crippen molar-refractivity contribution in [3.05, 3.63) is 22.4 Å². The monoisotopic (exact) mass is 227 g/mol. The van der Waals surface area contributed by atoms with Gasteiger partial charge in [0.2, 0.25) is 0 Å². The number of nitrogens with one attached hydrogen (secondary N) is 1. The zero-order chi connectivity index (χ0) is 11.3. The van der Waals surface area contributed by atoms with Crippen LogP contribution in [-0.2, 0) is 16.0 Å². The zero-order valence-corrected chi connectivity index (χ0v) is 10.2. The van der Waals surface area contributed by atoms with Crippen LogP contribution in [0.1, 0.15) is 18.7 Å². The Morgan fingerprint density at radius 3 is 2.87 bits per heavy atom. The molecule has 3 nitrogen and oxygen atoms in total. The van der Waals surface area contributed by atoms with Crippen molar-refractivity contribution in [2.75, 3.05) is 13.7 Å². The van der Waals surface area contributed by atoms with Gasteiger partial charge < -0.3 is 10.1 Å². The van der Waals surface area contributed by atoms with Crippen LogP contribution in [0.5, 0.6) is 0 Å². The standard InChI is InChI=1S/C11H17NO2S/c1-11(2,10(13)14-3)12-7-6-9-5-4-8-15-9/h4-5,8,12H,6-7H2,1-3H3. The van der Waals surface area contributed by atoms with E-state index in [4.69, 9.17) is 4.74 Å². The highest BCUT2D eigenvalue weighted by atomic mass is 32.1. The second kappa shape index (κ2) is 5.28. The SMILES string of the molecule is COC(=O)C(C)(C)NCCc1cccs1. The average molecular weight is 227 g/mol. The van der Waals surface area contributed by atoms with Crippen molar-refractivity contribution in [2.24, 2.45) is 0 Å². The van der Waals surface area contributed by atoms with Gasteiger partial charge in [0.25, 0.3) is 0 Å². The van der Waals surface area contributed by atoms with E-state index in [1.54, 1.807) is 11.3 Å². The molecule has 4 heteroatoms. The summed E-state index contributed by atoms with van der Waals surface area (Å²) >= 11 is 1.73. The van der Waals surface area contributed by atoms with Crippen LogP contribution in [0.25, 0.3) is 0 Å². The van der Waals surface area contributed by atoms with Crippen LogP contribution in [0.2, 0.25) is 0 Å². The van der Waals surface area contributed by atoms with Crippen molar-refractivity contribution in [2.45, 2.75) is 25.8 Å². The van der Waals surface area contributed by atoms with Crippen molar-refractivity contribution < 1.29 is 9.53 Å². The van der Waals surface area contributed by atoms with Crippen molar-refractivity contribution in [1.82, 2.24) is 5.32 Å². The van der Waals surface area contributed by atoms with Crippen molar-refractivity contribution in [3.8, 4) is 0 Å². The van der Waals surface area contributed by atoms with E-state index < -0.39 is 5.54 Å². The minimum absolute atomic E-state index is 0.228. The normalized spacial score (nSPS) is 11.4. The van der Waals surface area contributed by atoms with Gasteiger partial charge in [-0.25, -0.2) is 0 Å². The fourth-order valence-electron chi connectivity index (χ4n) is 1.28. The van der Waals surface area contributed by atoms with Crippen LogP contribution in [0, 0.1) is 0 Å². The number of carbonyl (C=O) groups excluding carboxylic acids is 1. The first-order valence-electron chi connectivity index (χ1n) is 4.92. The Bertz CT molecular complexity index is 306. The lowest BCUT2D eigenvalue weighted by Crippen LogP contribution is -2.48. The van der Waals surface area contributed by atoms with E-state index >= 15 is 0 Å². The molecule has 0 amide bonds. The largest absolute Gasteiger partial charge is 0.468 e. The minimum atomic E-state index is -0.605. The number of methoxy groups -OCH3 is 1. The molecule has 0 aromatic carbocycles. The Morgan fingerprint density at radius 1 is 1.60 bits per heavy atom. The molecule has 0 saturated heterocycles. The molecule has 0 bridgehead atoms. The molecule has 0 spiro atoms. The number of carbonyl (C=O) groups is 1. The van der Waals surface area contributed by atoms with Crippen LogP contribution in [0.15, 0.2) is 17.5 Å². The maximum absolute atomic E-state index is 11.3. The first-order valence-corrected chi connectivity index (χ1v) is 5.80. The molecule has 0 aliphatic heterocycles. The summed E-state index contributed by atoms with van der Waals surface area (Å²) in [5, 5.41) is 5.24. The smallest absolute Gasteiger partial charge is 0.325 e. The fourth-order valence-corrected chi connectivity index (χ4v) is 1.99. The highest BCUT2D eigenvalue weighted by molar-refractivity contribution is 7.09. The maximum atomic E-state index is 11.3. The lowest BCUT2D eigenvalue weighted by molar-refractivity contribution is -0.147. The number of esters is 1. The highest BCUT2D eigenvalue weighted by Crippen LogP contribution is 2.10. The number of rotatable bonds is 5. The molecule has 1 aromatic rings. The summed E-state index contributed by atoms with van der Waals surface area (Å²) in [7, 11) is 1.41. The molecule has 1 aromatic heterocycles. The molecule has 0 fully saturated rings. The molecule has 84 valence electrons. The van der Waals surface area contributed by atoms with Gasteiger partial charge in [-0.15, -0.1) is 11.3 Å². The molecular formula is C11H17NO2S. The molecule has 1 rings (SSSR count). The highest BCUT2D eigenvalue weighted by Gasteiger charge is 2.27. The molecule has 0 unspecified atom stereocenters. The Labute approximate surface area is 94.5 Å². The van der Waals surface area contributed by atoms with Crippen LogP contribution in [-0.4, -0.2) is 25.2 Å². The summed E-state index contributed by atoms with van der Waals surface area (Å²) in [6, 6.07) is 4.13. The number of ether oxygens (including phenoxy) is 1. The second-order valence-electron chi connectivity index (χ2n) is 3.87. The Hall–Kier alpha value is -0.870. The Kier molecular flexibility index (Phi) is 4.29. The summed E-state index contributed by atoms with van der Waals surface area (Å²) in [6.07, 6.45) is 0.943. The van der Waals surface area contributed by atoms with Crippen LogP contribution in [0.4, 0.5) is 0 Å². The number of hydrogen-bond donors (Lipinski definition) is 1. The van der Waals surface area contributed by atoms with Crippen molar-refractivity contribution in [1.29, 1.82) is 0 Å². The van der Waals surface area contributed by atoms with Crippen molar-refractivity contribution >= 4 is 17.3 Å². The molecule has 0 aliphatic rings. The van der Waals surface area contributed by atoms with Gasteiger partial charge in [0.1, 0.15) is 5.54 Å². The zero-order valence-electron chi connectivity index (χ0n) is 9.37. The van der Waals surface area contributed by atoms with Gasteiger partial charge >= 0.3 is 5.97 Å². The van der Waals surface area contributed by atoms with E-state index in [9.17, 15) is 4.79 Å². The van der Waals surface area contributed by atoms with Gasteiger partial charge in [-0.05, 0) is 31.7 Å². The first kappa shape index (κ1) is 12.2. The summed E-state index contributed by atoms with van der Waals surface area (Å²) in [5.41, 5.74) is -0.605. The molecule has 1 heterocycles. The molecule has 0 radical (unpaired) electrons. The van der Waals surface area contributed by atoms with Crippen LogP contribution in [0.3, 0.4) is 0 Å². The van der Waals surface area contributed by atoms with Gasteiger partial charge in [0.05, 0.1) is 7.11 Å². The van der Waals surface area contributed by atoms with E-state index in [0.29, 0.717) is 0 Å². The van der Waals surface area contributed by atoms with Crippen LogP contribution >= 0.6 is 11.3 Å². The minimum Gasteiger partial charge on any atom is -0.468 e. The van der Waals surface area contributed by atoms with E-state index in [2.05, 4.69) is 16.8 Å². The molecule has 0 saturated carbocycles. The van der Waals surface area contributed by atoms with Gasteiger partial charge in [-0.1, -0.05) is 6.07 Å². The van der Waals surface area contributed by atoms with E-state index in [0.717, 1.165) is 13.0 Å². The fraction of sp³-hybridized carbons (Fsp3) is 0.545. The topological polar surface area (TPSA) is 38.3 Å². The van der Waals surface area contributed by atoms with Crippen molar-refractivity contribution in [3.63, 3.8) is 0 Å². The quantitative estimate of drug-likeness (QED) is 0.780. The lowest BCUT2D eigenvalue weighted by atomic mass is 10.1. The summed E-state index contributed by atoms with van der Waals surface area (Å²) in [6.45, 7) is 4.43. The summed E-state index contributed by atoms with van der Waals surface area (Å²) in [4.78, 5) is 12.7. The van der Waals surface area contributed by atoms with E-state index in [-0.39, 0.29) is 5.97 Å². The first-order chi connectivity index (χ1) is 7.06. The van der Waals surface area contributed by atoms with Crippen LogP contribution < -0.4 is 5.32 Å². The van der Waals surface area contributed by atoms with Gasteiger partial charge in [-0.3, -0.25) is 4.79 Å². The maximum Gasteiger partial charge on any atom is 0.325 e. The van der Waals surface area contributed by atoms with E-state index in [1.807, 2.05) is 19.9 Å².